The van der Waals surface area contributed by atoms with Crippen molar-refractivity contribution in [2.75, 3.05) is 19.5 Å². The number of benzene rings is 1. The predicted molar refractivity (Wildman–Crippen MR) is 73.8 cm³/mol. The zero-order chi connectivity index (χ0) is 13.7. The zero-order valence-electron chi connectivity index (χ0n) is 11.3. The maximum atomic E-state index is 11.0. The lowest BCUT2D eigenvalue weighted by molar-refractivity contribution is -0.148. The number of ether oxygens (including phenoxy) is 2. The van der Waals surface area contributed by atoms with Crippen molar-refractivity contribution in [1.82, 2.24) is 0 Å². The molecule has 4 heteroatoms. The summed E-state index contributed by atoms with van der Waals surface area (Å²) in [5, 5.41) is 0. The highest BCUT2D eigenvalue weighted by atomic mass is 16.6. The molecular formula is C15H21NO3. The smallest absolute Gasteiger partial charge is 0.331 e. The van der Waals surface area contributed by atoms with Gasteiger partial charge >= 0.3 is 5.97 Å². The van der Waals surface area contributed by atoms with E-state index in [1.165, 1.54) is 12.7 Å². The van der Waals surface area contributed by atoms with Crippen LogP contribution >= 0.6 is 0 Å². The molecule has 1 fully saturated rings. The third-order valence-corrected chi connectivity index (χ3v) is 3.75. The fourth-order valence-corrected chi connectivity index (χ4v) is 2.58. The number of carbonyl (C=O) groups is 1. The molecule has 0 atom stereocenters. The molecule has 0 aromatic heterocycles. The quantitative estimate of drug-likeness (QED) is 0.669. The maximum absolute atomic E-state index is 11.0. The van der Waals surface area contributed by atoms with Crippen LogP contribution in [0.15, 0.2) is 24.3 Å². The Bertz CT molecular complexity index is 408. The van der Waals surface area contributed by atoms with E-state index < -0.39 is 0 Å². The first kappa shape index (κ1) is 13.9. The molecule has 1 aromatic carbocycles. The van der Waals surface area contributed by atoms with Crippen LogP contribution in [0.25, 0.3) is 0 Å². The molecule has 1 aliphatic carbocycles. The Balaban J connectivity index is 1.79. The molecule has 2 rings (SSSR count). The van der Waals surface area contributed by atoms with Crippen molar-refractivity contribution >= 4 is 11.7 Å². The summed E-state index contributed by atoms with van der Waals surface area (Å²) < 4.78 is 10.1. The highest BCUT2D eigenvalue weighted by Gasteiger charge is 2.23. The third kappa shape index (κ3) is 3.96. The molecule has 0 spiro atoms. The van der Waals surface area contributed by atoms with Crippen LogP contribution in [0.5, 0.6) is 0 Å². The van der Waals surface area contributed by atoms with Gasteiger partial charge in [0.05, 0.1) is 13.2 Å². The number of esters is 1. The first-order valence-electron chi connectivity index (χ1n) is 6.73. The van der Waals surface area contributed by atoms with Crippen molar-refractivity contribution in [2.45, 2.75) is 37.7 Å². The van der Waals surface area contributed by atoms with E-state index in [0.29, 0.717) is 5.92 Å². The van der Waals surface area contributed by atoms with Gasteiger partial charge in [0, 0.05) is 5.69 Å². The monoisotopic (exact) mass is 263 g/mol. The van der Waals surface area contributed by atoms with Gasteiger partial charge < -0.3 is 15.2 Å². The summed E-state index contributed by atoms with van der Waals surface area (Å²) in [6, 6.07) is 8.12. The van der Waals surface area contributed by atoms with E-state index in [9.17, 15) is 4.79 Å². The van der Waals surface area contributed by atoms with Crippen molar-refractivity contribution in [3.8, 4) is 0 Å². The minimum absolute atomic E-state index is 0.0632. The lowest BCUT2D eigenvalue weighted by atomic mass is 9.83. The third-order valence-electron chi connectivity index (χ3n) is 3.75. The van der Waals surface area contributed by atoms with Gasteiger partial charge in [0.1, 0.15) is 6.61 Å². The lowest BCUT2D eigenvalue weighted by Gasteiger charge is -2.28. The highest BCUT2D eigenvalue weighted by molar-refractivity contribution is 5.70. The Kier molecular flexibility index (Phi) is 4.80. The van der Waals surface area contributed by atoms with Crippen LogP contribution in [0.4, 0.5) is 5.69 Å². The number of methoxy groups -OCH3 is 1. The van der Waals surface area contributed by atoms with Crippen LogP contribution < -0.4 is 5.73 Å². The molecule has 2 N–H and O–H groups in total. The van der Waals surface area contributed by atoms with Gasteiger partial charge in [-0.25, -0.2) is 4.79 Å². The second-order valence-corrected chi connectivity index (χ2v) is 5.03. The average Bonchev–Trinajstić information content (AvgIpc) is 2.46. The topological polar surface area (TPSA) is 61.5 Å². The summed E-state index contributed by atoms with van der Waals surface area (Å²) >= 11 is 0. The summed E-state index contributed by atoms with van der Waals surface area (Å²) in [6.07, 6.45) is 4.35. The minimum atomic E-state index is -0.305. The summed E-state index contributed by atoms with van der Waals surface area (Å²) in [7, 11) is 1.38. The Morgan fingerprint density at radius 2 is 1.84 bits per heavy atom. The SMILES string of the molecule is COC(=O)CO[C@H]1CC[C@@H](c2ccc(N)cc2)CC1. The van der Waals surface area contributed by atoms with Gasteiger partial charge in [-0.1, -0.05) is 12.1 Å². The van der Waals surface area contributed by atoms with Crippen LogP contribution in [-0.4, -0.2) is 25.8 Å². The Hall–Kier alpha value is -1.55. The van der Waals surface area contributed by atoms with Gasteiger partial charge in [-0.05, 0) is 49.3 Å². The van der Waals surface area contributed by atoms with E-state index >= 15 is 0 Å². The number of rotatable bonds is 4. The van der Waals surface area contributed by atoms with E-state index in [2.05, 4.69) is 16.9 Å². The number of nitrogens with two attached hydrogens (primary N) is 1. The van der Waals surface area contributed by atoms with Crippen molar-refractivity contribution in [3.63, 3.8) is 0 Å². The number of anilines is 1. The Labute approximate surface area is 113 Å². The van der Waals surface area contributed by atoms with Crippen LogP contribution in [-0.2, 0) is 14.3 Å². The second kappa shape index (κ2) is 6.57. The predicted octanol–water partition coefficient (Wildman–Crippen LogP) is 2.48. The summed E-state index contributed by atoms with van der Waals surface area (Å²) in [5.74, 6) is 0.277. The molecule has 104 valence electrons. The molecule has 0 unspecified atom stereocenters. The number of nitrogen functional groups attached to an aromatic ring is 1. The molecule has 19 heavy (non-hydrogen) atoms. The number of hydrogen-bond donors (Lipinski definition) is 1. The van der Waals surface area contributed by atoms with Crippen molar-refractivity contribution in [2.24, 2.45) is 0 Å². The fraction of sp³-hybridized carbons (Fsp3) is 0.533. The molecule has 0 bridgehead atoms. The summed E-state index contributed by atoms with van der Waals surface area (Å²) in [5.41, 5.74) is 7.85. The maximum Gasteiger partial charge on any atom is 0.331 e. The fourth-order valence-electron chi connectivity index (χ4n) is 2.58. The first-order chi connectivity index (χ1) is 9.19. The van der Waals surface area contributed by atoms with Crippen molar-refractivity contribution in [1.29, 1.82) is 0 Å². The average molecular weight is 263 g/mol. The minimum Gasteiger partial charge on any atom is -0.467 e. The molecule has 0 amide bonds. The largest absolute Gasteiger partial charge is 0.467 e. The van der Waals surface area contributed by atoms with E-state index in [1.807, 2.05) is 12.1 Å². The number of carbonyl (C=O) groups excluding carboxylic acids is 1. The van der Waals surface area contributed by atoms with E-state index in [0.717, 1.165) is 31.4 Å². The summed E-state index contributed by atoms with van der Waals surface area (Å²) in [6.45, 7) is 0.0632. The zero-order valence-corrected chi connectivity index (χ0v) is 11.3. The highest BCUT2D eigenvalue weighted by Crippen LogP contribution is 2.34. The standard InChI is InChI=1S/C15H21NO3/c1-18-15(17)10-19-14-8-4-12(5-9-14)11-2-6-13(16)7-3-11/h2-3,6-7,12,14H,4-5,8-10,16H2,1H3/t12-,14+. The van der Waals surface area contributed by atoms with Gasteiger partial charge in [0.25, 0.3) is 0 Å². The molecule has 1 aliphatic rings. The lowest BCUT2D eigenvalue weighted by Crippen LogP contribution is -2.24. The van der Waals surface area contributed by atoms with Crippen LogP contribution in [0, 0.1) is 0 Å². The van der Waals surface area contributed by atoms with E-state index in [4.69, 9.17) is 10.5 Å². The molecule has 0 aliphatic heterocycles. The first-order valence-corrected chi connectivity index (χ1v) is 6.73. The van der Waals surface area contributed by atoms with Crippen LogP contribution in [0.3, 0.4) is 0 Å². The van der Waals surface area contributed by atoms with Gasteiger partial charge in [-0.15, -0.1) is 0 Å². The molecule has 0 radical (unpaired) electrons. The molecule has 0 saturated heterocycles. The summed E-state index contributed by atoms with van der Waals surface area (Å²) in [4.78, 5) is 11.0. The molecule has 1 saturated carbocycles. The molecular weight excluding hydrogens is 242 g/mol. The molecule has 1 aromatic rings. The van der Waals surface area contributed by atoms with Crippen molar-refractivity contribution in [3.05, 3.63) is 29.8 Å². The van der Waals surface area contributed by atoms with Crippen LogP contribution in [0.2, 0.25) is 0 Å². The second-order valence-electron chi connectivity index (χ2n) is 5.03. The van der Waals surface area contributed by atoms with E-state index in [-0.39, 0.29) is 18.7 Å². The molecule has 4 nitrogen and oxygen atoms in total. The van der Waals surface area contributed by atoms with Gasteiger partial charge in [0.15, 0.2) is 0 Å². The molecule has 0 heterocycles. The van der Waals surface area contributed by atoms with Gasteiger partial charge in [-0.2, -0.15) is 0 Å². The van der Waals surface area contributed by atoms with E-state index in [1.54, 1.807) is 0 Å². The Morgan fingerprint density at radius 1 is 1.21 bits per heavy atom. The van der Waals surface area contributed by atoms with Gasteiger partial charge in [-0.3, -0.25) is 0 Å². The van der Waals surface area contributed by atoms with Gasteiger partial charge in [0.2, 0.25) is 0 Å². The van der Waals surface area contributed by atoms with Crippen LogP contribution in [0.1, 0.15) is 37.2 Å². The normalized spacial score (nSPS) is 23.0. The number of hydrogen-bond acceptors (Lipinski definition) is 4. The Morgan fingerprint density at radius 3 is 2.42 bits per heavy atom. The van der Waals surface area contributed by atoms with Crippen molar-refractivity contribution < 1.29 is 14.3 Å².